The Morgan fingerprint density at radius 3 is 2.82 bits per heavy atom. The van der Waals surface area contributed by atoms with Crippen molar-refractivity contribution in [2.45, 2.75) is 26.3 Å². The molecular weight excluding hydrogens is 224 g/mol. The number of likely N-dealkylation sites (tertiary alicyclic amines) is 1. The van der Waals surface area contributed by atoms with Crippen LogP contribution >= 0.6 is 0 Å². The Morgan fingerprint density at radius 1 is 1.59 bits per heavy atom. The molecule has 0 aliphatic carbocycles. The van der Waals surface area contributed by atoms with Crippen LogP contribution in [0.15, 0.2) is 10.6 Å². The van der Waals surface area contributed by atoms with Crippen LogP contribution in [-0.4, -0.2) is 39.6 Å². The zero-order valence-electron chi connectivity index (χ0n) is 9.71. The van der Waals surface area contributed by atoms with Gasteiger partial charge in [0.15, 0.2) is 0 Å². The standard InChI is InChI=1S/C11H14N2O4/c1-6-3-4-13(9(6)11(15)16)10(14)8-5-7(2)12-17-8/h5-6,9H,3-4H2,1-2H3,(H,15,16). The molecule has 1 amide bonds. The Balaban J connectivity index is 2.22. The second-order valence-electron chi connectivity index (χ2n) is 4.38. The molecule has 92 valence electrons. The van der Waals surface area contributed by atoms with Gasteiger partial charge in [-0.1, -0.05) is 12.1 Å². The summed E-state index contributed by atoms with van der Waals surface area (Å²) in [5.74, 6) is -1.31. The molecule has 0 aromatic carbocycles. The van der Waals surface area contributed by atoms with Crippen molar-refractivity contribution >= 4 is 11.9 Å². The molecule has 2 rings (SSSR count). The van der Waals surface area contributed by atoms with Crippen LogP contribution in [0.5, 0.6) is 0 Å². The molecule has 1 aliphatic rings. The predicted molar refractivity (Wildman–Crippen MR) is 57.5 cm³/mol. The van der Waals surface area contributed by atoms with Gasteiger partial charge in [-0.25, -0.2) is 4.79 Å². The number of hydrogen-bond acceptors (Lipinski definition) is 4. The minimum absolute atomic E-state index is 0.0412. The van der Waals surface area contributed by atoms with Crippen LogP contribution in [0, 0.1) is 12.8 Å². The van der Waals surface area contributed by atoms with Crippen LogP contribution in [-0.2, 0) is 4.79 Å². The highest BCUT2D eigenvalue weighted by Gasteiger charge is 2.40. The first-order valence-corrected chi connectivity index (χ1v) is 5.48. The Kier molecular flexibility index (Phi) is 2.87. The summed E-state index contributed by atoms with van der Waals surface area (Å²) >= 11 is 0. The van der Waals surface area contributed by atoms with E-state index < -0.39 is 17.9 Å². The highest BCUT2D eigenvalue weighted by molar-refractivity contribution is 5.94. The summed E-state index contributed by atoms with van der Waals surface area (Å²) in [5.41, 5.74) is 0.604. The van der Waals surface area contributed by atoms with Crippen molar-refractivity contribution in [2.75, 3.05) is 6.54 Å². The van der Waals surface area contributed by atoms with E-state index in [9.17, 15) is 9.59 Å². The first-order chi connectivity index (χ1) is 8.00. The average Bonchev–Trinajstić information content (AvgIpc) is 2.83. The number of aryl methyl sites for hydroxylation is 1. The van der Waals surface area contributed by atoms with Crippen LogP contribution in [0.4, 0.5) is 0 Å². The molecule has 1 aromatic heterocycles. The zero-order chi connectivity index (χ0) is 12.6. The SMILES string of the molecule is Cc1cc(C(=O)N2CCC(C)C2C(=O)O)on1. The smallest absolute Gasteiger partial charge is 0.326 e. The number of carboxylic acids is 1. The van der Waals surface area contributed by atoms with Gasteiger partial charge in [-0.05, 0) is 19.3 Å². The molecule has 1 aromatic rings. The van der Waals surface area contributed by atoms with Gasteiger partial charge in [0, 0.05) is 12.6 Å². The number of carbonyl (C=O) groups excluding carboxylic acids is 1. The minimum Gasteiger partial charge on any atom is -0.480 e. The summed E-state index contributed by atoms with van der Waals surface area (Å²) in [6.45, 7) is 3.98. The molecule has 2 atom stereocenters. The first-order valence-electron chi connectivity index (χ1n) is 5.48. The third-order valence-electron chi connectivity index (χ3n) is 3.05. The monoisotopic (exact) mass is 238 g/mol. The maximum atomic E-state index is 12.0. The van der Waals surface area contributed by atoms with E-state index in [1.165, 1.54) is 11.0 Å². The molecule has 1 fully saturated rings. The van der Waals surface area contributed by atoms with E-state index in [0.717, 1.165) is 0 Å². The molecule has 6 heteroatoms. The van der Waals surface area contributed by atoms with E-state index >= 15 is 0 Å². The van der Waals surface area contributed by atoms with Crippen LogP contribution in [0.25, 0.3) is 0 Å². The number of rotatable bonds is 2. The first kappa shape index (κ1) is 11.6. The summed E-state index contributed by atoms with van der Waals surface area (Å²) in [4.78, 5) is 24.5. The van der Waals surface area contributed by atoms with Crippen molar-refractivity contribution in [1.29, 1.82) is 0 Å². The highest BCUT2D eigenvalue weighted by Crippen LogP contribution is 2.26. The fraction of sp³-hybridized carbons (Fsp3) is 0.545. The number of hydrogen-bond donors (Lipinski definition) is 1. The van der Waals surface area contributed by atoms with E-state index in [1.807, 2.05) is 6.92 Å². The van der Waals surface area contributed by atoms with Crippen LogP contribution in [0.3, 0.4) is 0 Å². The highest BCUT2D eigenvalue weighted by atomic mass is 16.5. The zero-order valence-corrected chi connectivity index (χ0v) is 9.71. The third-order valence-corrected chi connectivity index (χ3v) is 3.05. The predicted octanol–water partition coefficient (Wildman–Crippen LogP) is 0.918. The third kappa shape index (κ3) is 2.02. The molecule has 2 unspecified atom stereocenters. The Hall–Kier alpha value is -1.85. The summed E-state index contributed by atoms with van der Waals surface area (Å²) in [6, 6.07) is 0.748. The molecule has 6 nitrogen and oxygen atoms in total. The molecule has 0 saturated carbocycles. The quantitative estimate of drug-likeness (QED) is 0.828. The number of aromatic nitrogens is 1. The Labute approximate surface area is 98.2 Å². The van der Waals surface area contributed by atoms with Gasteiger partial charge < -0.3 is 14.5 Å². The normalized spacial score (nSPS) is 24.0. The molecular formula is C11H14N2O4. The fourth-order valence-electron chi connectivity index (χ4n) is 2.16. The van der Waals surface area contributed by atoms with Gasteiger partial charge in [-0.2, -0.15) is 0 Å². The lowest BCUT2D eigenvalue weighted by Crippen LogP contribution is -2.42. The largest absolute Gasteiger partial charge is 0.480 e. The molecule has 1 aliphatic heterocycles. The van der Waals surface area contributed by atoms with Crippen LogP contribution in [0.2, 0.25) is 0 Å². The maximum absolute atomic E-state index is 12.0. The average molecular weight is 238 g/mol. The Bertz CT molecular complexity index is 454. The number of carbonyl (C=O) groups is 2. The fourth-order valence-corrected chi connectivity index (χ4v) is 2.16. The van der Waals surface area contributed by atoms with Crippen molar-refractivity contribution < 1.29 is 19.2 Å². The van der Waals surface area contributed by atoms with Gasteiger partial charge in [0.05, 0.1) is 5.69 Å². The maximum Gasteiger partial charge on any atom is 0.326 e. The summed E-state index contributed by atoms with van der Waals surface area (Å²) < 4.78 is 4.87. The van der Waals surface area contributed by atoms with Gasteiger partial charge in [-0.15, -0.1) is 0 Å². The lowest BCUT2D eigenvalue weighted by atomic mass is 10.0. The summed E-state index contributed by atoms with van der Waals surface area (Å²) in [6.07, 6.45) is 0.690. The van der Waals surface area contributed by atoms with Gasteiger partial charge >= 0.3 is 5.97 Å². The summed E-state index contributed by atoms with van der Waals surface area (Å²) in [7, 11) is 0. The Morgan fingerprint density at radius 2 is 2.29 bits per heavy atom. The molecule has 0 bridgehead atoms. The lowest BCUT2D eigenvalue weighted by molar-refractivity contribution is -0.142. The van der Waals surface area contributed by atoms with Crippen LogP contribution in [0.1, 0.15) is 29.6 Å². The number of carboxylic acid groups (broad SMARTS) is 1. The van der Waals surface area contributed by atoms with Crippen molar-refractivity contribution in [3.8, 4) is 0 Å². The van der Waals surface area contributed by atoms with E-state index in [2.05, 4.69) is 5.16 Å². The van der Waals surface area contributed by atoms with E-state index in [-0.39, 0.29) is 11.7 Å². The molecule has 17 heavy (non-hydrogen) atoms. The summed E-state index contributed by atoms with van der Waals surface area (Å²) in [5, 5.41) is 12.7. The van der Waals surface area contributed by atoms with Crippen molar-refractivity contribution in [3.63, 3.8) is 0 Å². The van der Waals surface area contributed by atoms with Crippen LogP contribution < -0.4 is 0 Å². The number of amides is 1. The number of nitrogens with zero attached hydrogens (tertiary/aromatic N) is 2. The van der Waals surface area contributed by atoms with E-state index in [4.69, 9.17) is 9.63 Å². The van der Waals surface area contributed by atoms with Crippen molar-refractivity contribution in [2.24, 2.45) is 5.92 Å². The molecule has 1 saturated heterocycles. The second-order valence-corrected chi connectivity index (χ2v) is 4.38. The van der Waals surface area contributed by atoms with E-state index in [1.54, 1.807) is 6.92 Å². The van der Waals surface area contributed by atoms with Crippen molar-refractivity contribution in [3.05, 3.63) is 17.5 Å². The molecule has 2 heterocycles. The minimum atomic E-state index is -0.973. The molecule has 0 spiro atoms. The van der Waals surface area contributed by atoms with Gasteiger partial charge in [0.1, 0.15) is 6.04 Å². The molecule has 1 N–H and O–H groups in total. The molecule has 0 radical (unpaired) electrons. The second kappa shape index (κ2) is 4.20. The van der Waals surface area contributed by atoms with E-state index in [0.29, 0.717) is 18.7 Å². The van der Waals surface area contributed by atoms with Gasteiger partial charge in [0.25, 0.3) is 5.91 Å². The number of aliphatic carboxylic acids is 1. The topological polar surface area (TPSA) is 83.6 Å². The van der Waals surface area contributed by atoms with Crippen molar-refractivity contribution in [1.82, 2.24) is 10.1 Å². The lowest BCUT2D eigenvalue weighted by Gasteiger charge is -2.21. The van der Waals surface area contributed by atoms with Gasteiger partial charge in [0.2, 0.25) is 5.76 Å². The van der Waals surface area contributed by atoms with Gasteiger partial charge in [-0.3, -0.25) is 4.79 Å².